The molecule has 8 heteroatoms. The van der Waals surface area contributed by atoms with Crippen LogP contribution in [0.25, 0.3) is 0 Å². The highest BCUT2D eigenvalue weighted by Gasteiger charge is 2.27. The van der Waals surface area contributed by atoms with E-state index in [1.54, 1.807) is 12.1 Å². The van der Waals surface area contributed by atoms with Gasteiger partial charge in [-0.3, -0.25) is 4.79 Å². The Balaban J connectivity index is 2.08. The van der Waals surface area contributed by atoms with E-state index >= 15 is 0 Å². The van der Waals surface area contributed by atoms with Crippen molar-refractivity contribution in [3.8, 4) is 0 Å². The Hall–Kier alpha value is -2.61. The Morgan fingerprint density at radius 1 is 0.963 bits per heavy atom. The normalized spacial score (nSPS) is 12.6. The first-order valence-electron chi connectivity index (χ1n) is 8.13. The van der Waals surface area contributed by atoms with E-state index in [0.717, 1.165) is 36.2 Å². The molecule has 0 heterocycles. The minimum absolute atomic E-state index is 0.0517. The van der Waals surface area contributed by atoms with Crippen LogP contribution in [0, 0.1) is 0 Å². The third-order valence-electron chi connectivity index (χ3n) is 3.95. The molecule has 0 aromatic heterocycles. The quantitative estimate of drug-likeness (QED) is 0.527. The van der Waals surface area contributed by atoms with Crippen molar-refractivity contribution in [2.45, 2.75) is 37.0 Å². The average molecular weight is 396 g/mol. The molecule has 0 saturated heterocycles. The summed E-state index contributed by atoms with van der Waals surface area (Å²) in [7, 11) is -4.74. The molecule has 0 radical (unpaired) electrons. The molecule has 0 fully saturated rings. The lowest BCUT2D eigenvalue weighted by molar-refractivity contribution is 0.0318. The van der Waals surface area contributed by atoms with E-state index in [4.69, 9.17) is 4.74 Å². The van der Waals surface area contributed by atoms with E-state index in [2.05, 4.69) is 0 Å². The largest absolute Gasteiger partial charge is 0.451 e. The molecule has 1 atom stereocenters. The number of ketones is 1. The van der Waals surface area contributed by atoms with Crippen molar-refractivity contribution in [3.63, 3.8) is 0 Å². The highest BCUT2D eigenvalue weighted by molar-refractivity contribution is 7.91. The van der Waals surface area contributed by atoms with Gasteiger partial charge in [0.2, 0.25) is 15.6 Å². The number of aryl methyl sites for hydroxylation is 1. The monoisotopic (exact) mass is 396 g/mol. The number of carbonyl (C=O) groups is 2. The van der Waals surface area contributed by atoms with Crippen LogP contribution in [0.3, 0.4) is 0 Å². The van der Waals surface area contributed by atoms with Gasteiger partial charge in [0.05, 0.1) is 10.5 Å². The average Bonchev–Trinajstić information content (AvgIpc) is 2.67. The number of rotatable bonds is 7. The molecule has 2 aromatic carbocycles. The minimum Gasteiger partial charge on any atom is -0.451 e. The zero-order chi connectivity index (χ0) is 20.2. The van der Waals surface area contributed by atoms with Crippen LogP contribution in [0.5, 0.6) is 0 Å². The number of Topliss-reactive ketones (excluding diaryl/α,β-unsaturated/α-hetero) is 1. The molecule has 0 spiro atoms. The van der Waals surface area contributed by atoms with Gasteiger partial charge in [0.25, 0.3) is 0 Å². The first-order chi connectivity index (χ1) is 12.7. The van der Waals surface area contributed by atoms with E-state index in [-0.39, 0.29) is 11.3 Å². The number of carbonyl (C=O) groups excluding carboxylic acids is 2. The van der Waals surface area contributed by atoms with Gasteiger partial charge in [0, 0.05) is 5.56 Å². The molecule has 5 nitrogen and oxygen atoms in total. The molecule has 0 N–H and O–H groups in total. The number of hydrogen-bond acceptors (Lipinski definition) is 5. The number of hydrogen-bond donors (Lipinski definition) is 0. The number of halogens is 2. The molecule has 0 saturated carbocycles. The summed E-state index contributed by atoms with van der Waals surface area (Å²) >= 11 is 0. The summed E-state index contributed by atoms with van der Waals surface area (Å²) in [6.45, 7) is 3.41. The summed E-state index contributed by atoms with van der Waals surface area (Å²) in [5.41, 5.74) is 1.41. The van der Waals surface area contributed by atoms with Crippen molar-refractivity contribution >= 4 is 21.6 Å². The molecule has 0 aliphatic heterocycles. The highest BCUT2D eigenvalue weighted by Crippen LogP contribution is 2.19. The van der Waals surface area contributed by atoms with E-state index in [1.807, 2.05) is 19.1 Å². The first-order valence-corrected chi connectivity index (χ1v) is 9.67. The zero-order valence-electron chi connectivity index (χ0n) is 14.7. The van der Waals surface area contributed by atoms with Crippen LogP contribution in [0.15, 0.2) is 53.4 Å². The molecule has 2 aromatic rings. The van der Waals surface area contributed by atoms with Crippen molar-refractivity contribution in [2.24, 2.45) is 0 Å². The summed E-state index contributed by atoms with van der Waals surface area (Å²) in [5, 5.41) is 0. The maximum Gasteiger partial charge on any atom is 0.341 e. The number of benzene rings is 2. The molecule has 0 unspecified atom stereocenters. The maximum absolute atomic E-state index is 12.5. The van der Waals surface area contributed by atoms with E-state index in [0.29, 0.717) is 5.56 Å². The number of esters is 1. The predicted molar refractivity (Wildman–Crippen MR) is 94.7 cm³/mol. The van der Waals surface area contributed by atoms with Crippen LogP contribution in [-0.2, 0) is 21.0 Å². The van der Waals surface area contributed by atoms with Gasteiger partial charge in [-0.1, -0.05) is 31.2 Å². The van der Waals surface area contributed by atoms with Crippen LogP contribution in [-0.4, -0.2) is 32.0 Å². The molecule has 27 heavy (non-hydrogen) atoms. The molecule has 0 bridgehead atoms. The summed E-state index contributed by atoms with van der Waals surface area (Å²) in [4.78, 5) is 23.8. The van der Waals surface area contributed by atoms with Crippen LogP contribution in [0.2, 0.25) is 0 Å². The van der Waals surface area contributed by atoms with Crippen molar-refractivity contribution in [3.05, 3.63) is 65.2 Å². The summed E-state index contributed by atoms with van der Waals surface area (Å²) < 4.78 is 52.9. The van der Waals surface area contributed by atoms with Gasteiger partial charge >= 0.3 is 11.7 Å². The topological polar surface area (TPSA) is 77.5 Å². The Bertz CT molecular complexity index is 920. The maximum atomic E-state index is 12.5. The molecular weight excluding hydrogens is 378 g/mol. The van der Waals surface area contributed by atoms with Crippen molar-refractivity contribution < 1.29 is 31.5 Å². The second-order valence-corrected chi connectivity index (χ2v) is 7.71. The molecule has 0 amide bonds. The highest BCUT2D eigenvalue weighted by atomic mass is 32.2. The number of sulfone groups is 1. The first kappa shape index (κ1) is 20.7. The SMILES string of the molecule is CCc1ccc(C(=O)[C@@H](C)OC(=O)c2ccc(S(=O)(=O)C(F)F)cc2)cc1. The zero-order valence-corrected chi connectivity index (χ0v) is 15.5. The lowest BCUT2D eigenvalue weighted by atomic mass is 10.0. The van der Waals surface area contributed by atoms with Gasteiger partial charge in [0.1, 0.15) is 0 Å². The second-order valence-electron chi connectivity index (χ2n) is 5.79. The fourth-order valence-corrected chi connectivity index (χ4v) is 3.03. The van der Waals surface area contributed by atoms with Gasteiger partial charge in [-0.25, -0.2) is 13.2 Å². The Morgan fingerprint density at radius 2 is 1.48 bits per heavy atom. The van der Waals surface area contributed by atoms with E-state index in [9.17, 15) is 26.8 Å². The molecule has 0 aliphatic carbocycles. The Morgan fingerprint density at radius 3 is 1.96 bits per heavy atom. The lowest BCUT2D eigenvalue weighted by Crippen LogP contribution is -2.24. The fourth-order valence-electron chi connectivity index (χ4n) is 2.31. The molecular formula is C19H18F2O5S. The number of ether oxygens (including phenoxy) is 1. The van der Waals surface area contributed by atoms with E-state index < -0.39 is 32.6 Å². The lowest BCUT2D eigenvalue weighted by Gasteiger charge is -2.13. The van der Waals surface area contributed by atoms with Crippen LogP contribution < -0.4 is 0 Å². The van der Waals surface area contributed by atoms with Crippen LogP contribution in [0.1, 0.15) is 40.1 Å². The Kier molecular flexibility index (Phi) is 6.43. The van der Waals surface area contributed by atoms with Gasteiger partial charge < -0.3 is 4.74 Å². The fraction of sp³-hybridized carbons (Fsp3) is 0.263. The third kappa shape index (κ3) is 4.77. The summed E-state index contributed by atoms with van der Waals surface area (Å²) in [6.07, 6.45) is -0.231. The van der Waals surface area contributed by atoms with Crippen LogP contribution >= 0.6 is 0 Å². The van der Waals surface area contributed by atoms with Gasteiger partial charge in [0.15, 0.2) is 6.10 Å². The number of alkyl halides is 2. The summed E-state index contributed by atoms with van der Waals surface area (Å²) in [5.74, 6) is -4.79. The molecule has 2 rings (SSSR count). The standard InChI is InChI=1S/C19H18F2O5S/c1-3-13-4-6-14(7-5-13)17(22)12(2)26-18(23)15-8-10-16(11-9-15)27(24,25)19(20)21/h4-12,19H,3H2,1-2H3/t12-/m1/s1. The van der Waals surface area contributed by atoms with Crippen molar-refractivity contribution in [1.29, 1.82) is 0 Å². The van der Waals surface area contributed by atoms with Crippen molar-refractivity contribution in [1.82, 2.24) is 0 Å². The molecule has 0 aliphatic rings. The Labute approximate surface area is 155 Å². The summed E-state index contributed by atoms with van der Waals surface area (Å²) in [6, 6.07) is 10.8. The second kappa shape index (κ2) is 8.39. The van der Waals surface area contributed by atoms with Crippen LogP contribution in [0.4, 0.5) is 8.78 Å². The third-order valence-corrected chi connectivity index (χ3v) is 5.35. The molecule has 144 valence electrons. The van der Waals surface area contributed by atoms with Gasteiger partial charge in [-0.05, 0) is 43.2 Å². The smallest absolute Gasteiger partial charge is 0.341 e. The minimum atomic E-state index is -4.74. The van der Waals surface area contributed by atoms with Crippen molar-refractivity contribution in [2.75, 3.05) is 0 Å². The van der Waals surface area contributed by atoms with E-state index in [1.165, 1.54) is 6.92 Å². The predicted octanol–water partition coefficient (Wildman–Crippen LogP) is 3.67. The van der Waals surface area contributed by atoms with Gasteiger partial charge in [-0.15, -0.1) is 0 Å². The van der Waals surface area contributed by atoms with Gasteiger partial charge in [-0.2, -0.15) is 8.78 Å².